The third kappa shape index (κ3) is 3.72. The molecule has 1 rings (SSSR count). The molecule has 2 nitrogen and oxygen atoms in total. The highest BCUT2D eigenvalue weighted by Gasteiger charge is 2.38. The fourth-order valence-electron chi connectivity index (χ4n) is 2.65. The number of rotatable bonds is 6. The lowest BCUT2D eigenvalue weighted by molar-refractivity contribution is -0.0247. The lowest BCUT2D eigenvalue weighted by Crippen LogP contribution is -2.39. The summed E-state index contributed by atoms with van der Waals surface area (Å²) >= 11 is 0. The third-order valence-electron chi connectivity index (χ3n) is 3.52. The van der Waals surface area contributed by atoms with E-state index in [4.69, 9.17) is 10.5 Å². The molecule has 0 heterocycles. The molecule has 0 bridgehead atoms. The van der Waals surface area contributed by atoms with Gasteiger partial charge in [-0.1, -0.05) is 19.3 Å². The summed E-state index contributed by atoms with van der Waals surface area (Å²) in [6, 6.07) is 0. The van der Waals surface area contributed by atoms with Crippen LogP contribution in [0.1, 0.15) is 44.9 Å². The Bertz CT molecular complexity index is 171. The molecule has 15 heavy (non-hydrogen) atoms. The van der Waals surface area contributed by atoms with Crippen LogP contribution in [0.4, 0.5) is 4.39 Å². The van der Waals surface area contributed by atoms with Gasteiger partial charge in [0.1, 0.15) is 5.67 Å². The van der Waals surface area contributed by atoms with Crippen molar-refractivity contribution in [2.75, 3.05) is 20.3 Å². The molecule has 1 aliphatic carbocycles. The molecular formula is C12H24FNO. The molecule has 0 amide bonds. The van der Waals surface area contributed by atoms with Crippen molar-refractivity contribution in [3.05, 3.63) is 0 Å². The largest absolute Gasteiger partial charge is 0.381 e. The molecule has 1 unspecified atom stereocenters. The number of alkyl halides is 1. The molecule has 1 aliphatic rings. The second kappa shape index (κ2) is 6.44. The van der Waals surface area contributed by atoms with Crippen LogP contribution in [-0.2, 0) is 4.74 Å². The van der Waals surface area contributed by atoms with E-state index in [1.807, 2.05) is 0 Å². The molecule has 0 aromatic heterocycles. The average molecular weight is 217 g/mol. The Labute approximate surface area is 92.4 Å². The van der Waals surface area contributed by atoms with Crippen LogP contribution < -0.4 is 5.73 Å². The predicted molar refractivity (Wildman–Crippen MR) is 60.6 cm³/mol. The van der Waals surface area contributed by atoms with Crippen LogP contribution in [0.3, 0.4) is 0 Å². The second-order valence-corrected chi connectivity index (χ2v) is 4.69. The Morgan fingerprint density at radius 2 is 2.00 bits per heavy atom. The first-order chi connectivity index (χ1) is 7.23. The minimum Gasteiger partial charge on any atom is -0.381 e. The van der Waals surface area contributed by atoms with E-state index in [9.17, 15) is 4.39 Å². The van der Waals surface area contributed by atoms with Crippen molar-refractivity contribution in [2.24, 2.45) is 11.7 Å². The van der Waals surface area contributed by atoms with E-state index in [2.05, 4.69) is 0 Å². The fourth-order valence-corrected chi connectivity index (χ4v) is 2.65. The summed E-state index contributed by atoms with van der Waals surface area (Å²) in [5, 5.41) is 0. The minimum absolute atomic E-state index is 0.192. The first-order valence-corrected chi connectivity index (χ1v) is 6.11. The van der Waals surface area contributed by atoms with Gasteiger partial charge >= 0.3 is 0 Å². The van der Waals surface area contributed by atoms with Gasteiger partial charge in [0.15, 0.2) is 0 Å². The van der Waals surface area contributed by atoms with Crippen LogP contribution in [0.15, 0.2) is 0 Å². The van der Waals surface area contributed by atoms with Gasteiger partial charge in [-0.05, 0) is 38.1 Å². The molecule has 3 heteroatoms. The van der Waals surface area contributed by atoms with Crippen molar-refractivity contribution < 1.29 is 9.13 Å². The summed E-state index contributed by atoms with van der Waals surface area (Å²) in [6.07, 6.45) is 6.95. The summed E-state index contributed by atoms with van der Waals surface area (Å²) < 4.78 is 19.7. The zero-order valence-electron chi connectivity index (χ0n) is 9.80. The average Bonchev–Trinajstić information content (AvgIpc) is 2.28. The van der Waals surface area contributed by atoms with E-state index < -0.39 is 5.67 Å². The van der Waals surface area contributed by atoms with E-state index in [1.165, 1.54) is 19.3 Å². The molecule has 90 valence electrons. The van der Waals surface area contributed by atoms with Crippen molar-refractivity contribution in [2.45, 2.75) is 50.6 Å². The highest BCUT2D eigenvalue weighted by Crippen LogP contribution is 2.38. The van der Waals surface area contributed by atoms with E-state index in [0.29, 0.717) is 13.0 Å². The molecule has 1 atom stereocenters. The summed E-state index contributed by atoms with van der Waals surface area (Å²) in [6.45, 7) is 0.805. The lowest BCUT2D eigenvalue weighted by Gasteiger charge is -2.35. The number of ether oxygens (including phenoxy) is 1. The topological polar surface area (TPSA) is 35.2 Å². The van der Waals surface area contributed by atoms with Gasteiger partial charge in [0.2, 0.25) is 0 Å². The van der Waals surface area contributed by atoms with Crippen molar-refractivity contribution in [3.63, 3.8) is 0 Å². The Hall–Kier alpha value is -0.150. The zero-order chi connectivity index (χ0) is 11.1. The Morgan fingerprint density at radius 3 is 2.53 bits per heavy atom. The number of hydrogen-bond acceptors (Lipinski definition) is 2. The van der Waals surface area contributed by atoms with Gasteiger partial charge in [-0.3, -0.25) is 0 Å². The maximum atomic E-state index is 14.7. The Balaban J connectivity index is 2.52. The van der Waals surface area contributed by atoms with Gasteiger partial charge in [0.25, 0.3) is 0 Å². The SMILES string of the molecule is COCC(F)(CCCN)C1CCCCC1. The van der Waals surface area contributed by atoms with E-state index in [1.54, 1.807) is 7.11 Å². The molecule has 1 fully saturated rings. The zero-order valence-corrected chi connectivity index (χ0v) is 9.80. The van der Waals surface area contributed by atoms with Crippen LogP contribution in [0.2, 0.25) is 0 Å². The maximum absolute atomic E-state index is 14.7. The second-order valence-electron chi connectivity index (χ2n) is 4.69. The van der Waals surface area contributed by atoms with Crippen LogP contribution in [0.5, 0.6) is 0 Å². The normalized spacial score (nSPS) is 22.6. The molecular weight excluding hydrogens is 193 g/mol. The first-order valence-electron chi connectivity index (χ1n) is 6.11. The number of hydrogen-bond donors (Lipinski definition) is 1. The maximum Gasteiger partial charge on any atom is 0.137 e. The lowest BCUT2D eigenvalue weighted by atomic mass is 9.76. The van der Waals surface area contributed by atoms with Crippen molar-refractivity contribution >= 4 is 0 Å². The van der Waals surface area contributed by atoms with Crippen LogP contribution in [-0.4, -0.2) is 25.9 Å². The van der Waals surface area contributed by atoms with Gasteiger partial charge in [-0.2, -0.15) is 0 Å². The molecule has 2 N–H and O–H groups in total. The summed E-state index contributed by atoms with van der Waals surface area (Å²) in [5.74, 6) is 0.192. The smallest absolute Gasteiger partial charge is 0.137 e. The van der Waals surface area contributed by atoms with Crippen LogP contribution >= 0.6 is 0 Å². The third-order valence-corrected chi connectivity index (χ3v) is 3.52. The molecule has 0 aromatic carbocycles. The monoisotopic (exact) mass is 217 g/mol. The van der Waals surface area contributed by atoms with Gasteiger partial charge in [-0.25, -0.2) is 4.39 Å². The van der Waals surface area contributed by atoms with E-state index in [0.717, 1.165) is 19.3 Å². The van der Waals surface area contributed by atoms with Crippen molar-refractivity contribution in [3.8, 4) is 0 Å². The highest BCUT2D eigenvalue weighted by molar-refractivity contribution is 4.88. The minimum atomic E-state index is -1.13. The predicted octanol–water partition coefficient (Wildman–Crippen LogP) is 2.66. The van der Waals surface area contributed by atoms with Gasteiger partial charge in [0, 0.05) is 7.11 Å². The molecule has 0 aromatic rings. The molecule has 0 aliphatic heterocycles. The van der Waals surface area contributed by atoms with E-state index >= 15 is 0 Å². The number of nitrogens with two attached hydrogens (primary N) is 1. The molecule has 0 radical (unpaired) electrons. The van der Waals surface area contributed by atoms with Crippen LogP contribution in [0, 0.1) is 5.92 Å². The van der Waals surface area contributed by atoms with Gasteiger partial charge in [0.05, 0.1) is 6.61 Å². The quantitative estimate of drug-likeness (QED) is 0.742. The summed E-state index contributed by atoms with van der Waals surface area (Å²) in [5.41, 5.74) is 4.32. The Morgan fingerprint density at radius 1 is 1.33 bits per heavy atom. The molecule has 0 saturated heterocycles. The molecule has 1 saturated carbocycles. The highest BCUT2D eigenvalue weighted by atomic mass is 19.1. The van der Waals surface area contributed by atoms with Gasteiger partial charge < -0.3 is 10.5 Å². The van der Waals surface area contributed by atoms with Crippen molar-refractivity contribution in [1.82, 2.24) is 0 Å². The summed E-state index contributed by atoms with van der Waals surface area (Å²) in [4.78, 5) is 0. The van der Waals surface area contributed by atoms with Crippen molar-refractivity contribution in [1.29, 1.82) is 0 Å². The van der Waals surface area contributed by atoms with E-state index in [-0.39, 0.29) is 12.5 Å². The Kier molecular flexibility index (Phi) is 5.54. The number of methoxy groups -OCH3 is 1. The first kappa shape index (κ1) is 12.9. The fraction of sp³-hybridized carbons (Fsp3) is 1.00. The molecule has 0 spiro atoms. The van der Waals surface area contributed by atoms with Crippen LogP contribution in [0.25, 0.3) is 0 Å². The summed E-state index contributed by atoms with van der Waals surface area (Å²) in [7, 11) is 1.58. The standard InChI is InChI=1S/C12H24FNO/c1-15-10-12(13,8-5-9-14)11-6-3-2-4-7-11/h11H,2-10,14H2,1H3. The number of halogens is 1. The van der Waals surface area contributed by atoms with Gasteiger partial charge in [-0.15, -0.1) is 0 Å².